The van der Waals surface area contributed by atoms with Crippen molar-refractivity contribution < 1.29 is 56.2 Å². The molecule has 3 rings (SSSR count). The van der Waals surface area contributed by atoms with Gasteiger partial charge in [0.15, 0.2) is 11.2 Å². The molecule has 10 nitrogen and oxygen atoms in total. The van der Waals surface area contributed by atoms with Crippen molar-refractivity contribution in [3.8, 4) is 16.9 Å². The maximum atomic E-state index is 12.9. The van der Waals surface area contributed by atoms with E-state index in [1.165, 1.54) is 29.5 Å². The maximum absolute atomic E-state index is 12.9. The summed E-state index contributed by atoms with van der Waals surface area (Å²) >= 11 is 0. The van der Waals surface area contributed by atoms with Gasteiger partial charge in [0.2, 0.25) is 0 Å². The standard InChI is InChI=1S/C18H17N3O7S.2CH4.Na/c1-21(2)20-19-15-8-12(4-6-16(15)28-29(24,25)26)14-10-27-17-7-11(9-22)3-5-13(17)18(14)23;;;/h3-8,10,22H,9H2,1-2H3,(H,24,25,26);2*1H4;/q;;;+1/p-1. The molecule has 0 spiro atoms. The van der Waals surface area contributed by atoms with Crippen molar-refractivity contribution in [3.63, 3.8) is 0 Å². The largest absolute Gasteiger partial charge is 1.00 e. The van der Waals surface area contributed by atoms with Crippen molar-refractivity contribution in [1.29, 1.82) is 0 Å². The molecule has 1 N–H and O–H groups in total. The molecule has 0 aliphatic rings. The van der Waals surface area contributed by atoms with Crippen molar-refractivity contribution in [3.05, 3.63) is 58.4 Å². The van der Waals surface area contributed by atoms with E-state index in [9.17, 15) is 22.9 Å². The van der Waals surface area contributed by atoms with Gasteiger partial charge in [0, 0.05) is 14.1 Å². The van der Waals surface area contributed by atoms with E-state index in [0.29, 0.717) is 22.1 Å². The summed E-state index contributed by atoms with van der Waals surface area (Å²) in [7, 11) is -1.84. The molecule has 32 heavy (non-hydrogen) atoms. The molecule has 0 fully saturated rings. The molecule has 0 radical (unpaired) electrons. The molecule has 0 atom stereocenters. The van der Waals surface area contributed by atoms with E-state index in [2.05, 4.69) is 14.5 Å². The zero-order valence-corrected chi connectivity index (χ0v) is 19.2. The summed E-state index contributed by atoms with van der Waals surface area (Å²) in [5.41, 5.74) is 1.06. The van der Waals surface area contributed by atoms with Gasteiger partial charge in [0.25, 0.3) is 10.4 Å². The molecule has 0 amide bonds. The molecule has 3 aromatic rings. The summed E-state index contributed by atoms with van der Waals surface area (Å²) in [6, 6.07) is 8.67. The number of hydrogen-bond acceptors (Lipinski definition) is 9. The van der Waals surface area contributed by atoms with E-state index < -0.39 is 10.4 Å². The van der Waals surface area contributed by atoms with Crippen LogP contribution >= 0.6 is 0 Å². The molecule has 0 bridgehead atoms. The predicted molar refractivity (Wildman–Crippen MR) is 116 cm³/mol. The summed E-state index contributed by atoms with van der Waals surface area (Å²) in [6.45, 7) is -0.189. The fourth-order valence-electron chi connectivity index (χ4n) is 2.55. The molecule has 1 aromatic heterocycles. The van der Waals surface area contributed by atoms with Gasteiger partial charge in [-0.05, 0) is 35.4 Å². The van der Waals surface area contributed by atoms with Gasteiger partial charge in [-0.15, -0.1) is 5.11 Å². The van der Waals surface area contributed by atoms with Gasteiger partial charge >= 0.3 is 29.6 Å². The van der Waals surface area contributed by atoms with Crippen LogP contribution < -0.4 is 39.2 Å². The topological polar surface area (TPSA) is 145 Å². The number of nitrogens with zero attached hydrogens (tertiary/aromatic N) is 3. The normalized spacial score (nSPS) is 10.8. The molecule has 1 heterocycles. The van der Waals surface area contributed by atoms with Crippen LogP contribution in [0.2, 0.25) is 0 Å². The van der Waals surface area contributed by atoms with E-state index in [-0.39, 0.29) is 73.4 Å². The fourth-order valence-corrected chi connectivity index (χ4v) is 2.91. The minimum Gasteiger partial charge on any atom is -0.716 e. The Labute approximate surface area is 208 Å². The molecule has 0 aliphatic carbocycles. The van der Waals surface area contributed by atoms with Crippen molar-refractivity contribution in [1.82, 2.24) is 5.01 Å². The number of fused-ring (bicyclic) bond motifs is 1. The Morgan fingerprint density at radius 3 is 2.44 bits per heavy atom. The Balaban J connectivity index is 0.00000320. The van der Waals surface area contributed by atoms with Crippen LogP contribution in [0.15, 0.2) is 62.2 Å². The zero-order valence-electron chi connectivity index (χ0n) is 16.4. The second-order valence-corrected chi connectivity index (χ2v) is 7.16. The molecule has 0 saturated heterocycles. The van der Waals surface area contributed by atoms with Crippen molar-refractivity contribution in [2.24, 2.45) is 10.3 Å². The maximum Gasteiger partial charge on any atom is 1.00 e. The Kier molecular flexibility index (Phi) is 11.2. The van der Waals surface area contributed by atoms with E-state index in [1.807, 2.05) is 0 Å². The number of hydrogen-bond donors (Lipinski definition) is 1. The van der Waals surface area contributed by atoms with Crippen molar-refractivity contribution >= 4 is 27.1 Å². The van der Waals surface area contributed by atoms with Crippen LogP contribution in [0.25, 0.3) is 22.1 Å². The Hall–Kier alpha value is -2.28. The summed E-state index contributed by atoms with van der Waals surface area (Å²) in [6.07, 6.45) is 1.25. The van der Waals surface area contributed by atoms with E-state index >= 15 is 0 Å². The van der Waals surface area contributed by atoms with E-state index in [0.717, 1.165) is 0 Å². The zero-order chi connectivity index (χ0) is 21.2. The summed E-state index contributed by atoms with van der Waals surface area (Å²) < 4.78 is 42.8. The average Bonchev–Trinajstić information content (AvgIpc) is 2.66. The molecule has 12 heteroatoms. The van der Waals surface area contributed by atoms with Crippen LogP contribution in [0.5, 0.6) is 5.75 Å². The molecular formula is C20H24N3NaO7S. The Morgan fingerprint density at radius 2 is 1.84 bits per heavy atom. The van der Waals surface area contributed by atoms with Gasteiger partial charge in [0.05, 0.1) is 17.6 Å². The van der Waals surface area contributed by atoms with Crippen LogP contribution in [0.4, 0.5) is 5.69 Å². The number of rotatable bonds is 6. The Bertz CT molecular complexity index is 1260. The SMILES string of the molecule is C.C.CN(C)N=Nc1cc(-c2coc3cc(CO)ccc3c2=O)ccc1OS(=O)(=O)[O-].[Na+]. The van der Waals surface area contributed by atoms with E-state index in [1.54, 1.807) is 32.3 Å². The second kappa shape index (κ2) is 12.1. The predicted octanol–water partition coefficient (Wildman–Crippen LogP) is 0.628. The quantitative estimate of drug-likeness (QED) is 0.180. The molecule has 0 saturated carbocycles. The first-order valence-corrected chi connectivity index (χ1v) is 9.55. The third-order valence-corrected chi connectivity index (χ3v) is 4.20. The molecule has 168 valence electrons. The number of benzene rings is 2. The van der Waals surface area contributed by atoms with Crippen molar-refractivity contribution in [2.45, 2.75) is 21.5 Å². The smallest absolute Gasteiger partial charge is 0.716 e. The second-order valence-electron chi connectivity index (χ2n) is 6.18. The monoisotopic (exact) mass is 473 g/mol. The molecule has 0 aliphatic heterocycles. The van der Waals surface area contributed by atoms with Crippen LogP contribution in [-0.2, 0) is 17.0 Å². The molecular weight excluding hydrogens is 449 g/mol. The summed E-state index contributed by atoms with van der Waals surface area (Å²) in [5.74, 6) is -0.327. The molecule has 0 unspecified atom stereocenters. The Morgan fingerprint density at radius 1 is 1.16 bits per heavy atom. The minimum absolute atomic E-state index is 0. The first kappa shape index (κ1) is 29.7. The van der Waals surface area contributed by atoms with E-state index in [4.69, 9.17) is 4.42 Å². The third-order valence-electron chi connectivity index (χ3n) is 3.81. The number of aliphatic hydroxyl groups excluding tert-OH is 1. The van der Waals surface area contributed by atoms with Crippen LogP contribution in [0.3, 0.4) is 0 Å². The third kappa shape index (κ3) is 7.12. The van der Waals surface area contributed by atoms with Crippen LogP contribution in [0.1, 0.15) is 20.4 Å². The number of aliphatic hydroxyl groups is 1. The van der Waals surface area contributed by atoms with Gasteiger partial charge in [0.1, 0.15) is 17.5 Å². The van der Waals surface area contributed by atoms with Crippen LogP contribution in [0, 0.1) is 0 Å². The van der Waals surface area contributed by atoms with Gasteiger partial charge in [-0.2, -0.15) is 0 Å². The first-order chi connectivity index (χ1) is 13.7. The van der Waals surface area contributed by atoms with Gasteiger partial charge in [-0.1, -0.05) is 32.2 Å². The summed E-state index contributed by atoms with van der Waals surface area (Å²) in [4.78, 5) is 12.9. The summed E-state index contributed by atoms with van der Waals surface area (Å²) in [5, 5.41) is 18.5. The first-order valence-electron chi connectivity index (χ1n) is 8.22. The van der Waals surface area contributed by atoms with Crippen molar-refractivity contribution in [2.75, 3.05) is 14.1 Å². The van der Waals surface area contributed by atoms with Gasteiger partial charge in [-0.3, -0.25) is 9.80 Å². The molecule has 2 aromatic carbocycles. The van der Waals surface area contributed by atoms with Crippen LogP contribution in [-0.4, -0.2) is 37.2 Å². The van der Waals surface area contributed by atoms with Gasteiger partial charge < -0.3 is 18.3 Å². The van der Waals surface area contributed by atoms with Gasteiger partial charge in [-0.25, -0.2) is 8.42 Å². The fraction of sp³-hybridized carbons (Fsp3) is 0.250. The minimum atomic E-state index is -5.03. The average molecular weight is 473 g/mol.